The Labute approximate surface area is 142 Å². The Morgan fingerprint density at radius 3 is 2.83 bits per heavy atom. The third-order valence-electron chi connectivity index (χ3n) is 4.17. The molecular weight excluding hydrogens is 311 g/mol. The molecule has 1 aromatic carbocycles. The van der Waals surface area contributed by atoms with Crippen molar-refractivity contribution >= 4 is 23.9 Å². The molecule has 0 saturated carbocycles. The number of nitrogens with two attached hydrogens (primary N) is 1. The summed E-state index contributed by atoms with van der Waals surface area (Å²) in [7, 11) is 0. The van der Waals surface area contributed by atoms with E-state index in [1.54, 1.807) is 30.8 Å². The molecule has 0 aromatic heterocycles. The number of nitrogens with zero attached hydrogens (tertiary/aromatic N) is 3. The predicted octanol–water partition coefficient (Wildman–Crippen LogP) is 3.38. The summed E-state index contributed by atoms with van der Waals surface area (Å²) in [6, 6.07) is 6.70. The zero-order valence-electron chi connectivity index (χ0n) is 14.2. The second-order valence-electron chi connectivity index (χ2n) is 6.11. The molecule has 2 atom stereocenters. The molecule has 0 radical (unpaired) electrons. The number of amidine groups is 1. The van der Waals surface area contributed by atoms with Gasteiger partial charge in [0.2, 0.25) is 0 Å². The van der Waals surface area contributed by atoms with Crippen LogP contribution >= 0.6 is 11.8 Å². The average molecular weight is 336 g/mol. The lowest BCUT2D eigenvalue weighted by atomic mass is 9.87. The first kappa shape index (κ1) is 17.8. The van der Waals surface area contributed by atoms with Crippen molar-refractivity contribution < 1.29 is 4.39 Å². The fraction of sp³-hybridized carbons (Fsp3) is 0.529. The van der Waals surface area contributed by atoms with Crippen LogP contribution in [0.3, 0.4) is 0 Å². The molecule has 1 aliphatic rings. The van der Waals surface area contributed by atoms with Gasteiger partial charge >= 0.3 is 0 Å². The Morgan fingerprint density at radius 2 is 2.26 bits per heavy atom. The van der Waals surface area contributed by atoms with E-state index in [4.69, 9.17) is 10.7 Å². The summed E-state index contributed by atoms with van der Waals surface area (Å²) in [5.41, 5.74) is 5.38. The zero-order chi connectivity index (χ0) is 17.0. The van der Waals surface area contributed by atoms with Gasteiger partial charge in [0, 0.05) is 11.4 Å². The highest BCUT2D eigenvalue weighted by atomic mass is 32.2. The van der Waals surface area contributed by atoms with E-state index < -0.39 is 0 Å². The van der Waals surface area contributed by atoms with Gasteiger partial charge in [0.1, 0.15) is 16.7 Å². The van der Waals surface area contributed by atoms with Crippen molar-refractivity contribution in [1.82, 2.24) is 4.90 Å². The highest BCUT2D eigenvalue weighted by Crippen LogP contribution is 2.42. The normalized spacial score (nSPS) is 24.7. The highest BCUT2D eigenvalue weighted by Gasteiger charge is 2.47. The van der Waals surface area contributed by atoms with Crippen molar-refractivity contribution in [2.45, 2.75) is 43.5 Å². The van der Waals surface area contributed by atoms with Crippen molar-refractivity contribution in [2.75, 3.05) is 13.1 Å². The number of hydrogen-bond donors (Lipinski definition) is 1. The number of hydrogen-bond acceptors (Lipinski definition) is 4. The fourth-order valence-electron chi connectivity index (χ4n) is 2.67. The summed E-state index contributed by atoms with van der Waals surface area (Å²) in [5.74, 6) is 0.622. The van der Waals surface area contributed by atoms with Crippen LogP contribution in [0.15, 0.2) is 39.1 Å². The summed E-state index contributed by atoms with van der Waals surface area (Å²) >= 11 is 1.64. The molecule has 0 fully saturated rings. The summed E-state index contributed by atoms with van der Waals surface area (Å²) in [5, 5.41) is 0.0670. The standard InChI is InChI=1S/C17H25FN4S/c1-5-22-11-21-17(12(2)3,10-20-13(4)19)16(22)23-15-8-6-7-14(18)9-15/h6-9,11-12,16H,5,10H2,1-4H3,(H2,19,20). The van der Waals surface area contributed by atoms with Gasteiger partial charge in [-0.3, -0.25) is 9.98 Å². The maximum Gasteiger partial charge on any atom is 0.124 e. The van der Waals surface area contributed by atoms with Crippen molar-refractivity contribution in [2.24, 2.45) is 21.6 Å². The summed E-state index contributed by atoms with van der Waals surface area (Å²) in [6.07, 6.45) is 1.90. The molecule has 23 heavy (non-hydrogen) atoms. The van der Waals surface area contributed by atoms with Crippen LogP contribution in [0.2, 0.25) is 0 Å². The minimum Gasteiger partial charge on any atom is -0.388 e. The van der Waals surface area contributed by atoms with Crippen LogP contribution < -0.4 is 5.73 Å². The largest absolute Gasteiger partial charge is 0.388 e. The second kappa shape index (κ2) is 7.34. The smallest absolute Gasteiger partial charge is 0.124 e. The molecule has 126 valence electrons. The minimum absolute atomic E-state index is 0.0670. The van der Waals surface area contributed by atoms with Crippen LogP contribution in [-0.2, 0) is 0 Å². The molecule has 6 heteroatoms. The fourth-order valence-corrected chi connectivity index (χ4v) is 4.21. The van der Waals surface area contributed by atoms with Crippen molar-refractivity contribution in [3.63, 3.8) is 0 Å². The molecule has 2 unspecified atom stereocenters. The van der Waals surface area contributed by atoms with Crippen LogP contribution in [0.5, 0.6) is 0 Å². The van der Waals surface area contributed by atoms with Crippen LogP contribution in [0.4, 0.5) is 4.39 Å². The Bertz CT molecular complexity index is 598. The van der Waals surface area contributed by atoms with Crippen molar-refractivity contribution in [3.8, 4) is 0 Å². The lowest BCUT2D eigenvalue weighted by Gasteiger charge is -2.38. The molecule has 1 heterocycles. The third-order valence-corrected chi connectivity index (χ3v) is 5.59. The number of rotatable bonds is 6. The van der Waals surface area contributed by atoms with E-state index in [0.717, 1.165) is 11.4 Å². The van der Waals surface area contributed by atoms with Gasteiger partial charge < -0.3 is 10.6 Å². The Hall–Kier alpha value is -1.56. The van der Waals surface area contributed by atoms with Crippen LogP contribution in [0, 0.1) is 11.7 Å². The van der Waals surface area contributed by atoms with E-state index >= 15 is 0 Å². The topological polar surface area (TPSA) is 54.0 Å². The van der Waals surface area contributed by atoms with Gasteiger partial charge in [0.25, 0.3) is 0 Å². The highest BCUT2D eigenvalue weighted by molar-refractivity contribution is 8.00. The number of likely N-dealkylation sites (N-methyl/N-ethyl adjacent to an activating group) is 1. The van der Waals surface area contributed by atoms with Gasteiger partial charge in [-0.15, -0.1) is 0 Å². The molecule has 0 amide bonds. The average Bonchev–Trinajstić information content (AvgIpc) is 2.84. The lowest BCUT2D eigenvalue weighted by molar-refractivity contribution is 0.257. The molecule has 0 bridgehead atoms. The molecule has 0 spiro atoms. The summed E-state index contributed by atoms with van der Waals surface area (Å²) in [4.78, 5) is 12.4. The third kappa shape index (κ3) is 3.86. The first-order valence-electron chi connectivity index (χ1n) is 7.89. The predicted molar refractivity (Wildman–Crippen MR) is 96.6 cm³/mol. The van der Waals surface area contributed by atoms with E-state index in [9.17, 15) is 4.39 Å². The monoisotopic (exact) mass is 336 g/mol. The zero-order valence-corrected chi connectivity index (χ0v) is 15.0. The van der Waals surface area contributed by atoms with E-state index in [2.05, 4.69) is 30.7 Å². The molecule has 0 aliphatic carbocycles. The van der Waals surface area contributed by atoms with Crippen LogP contribution in [0.1, 0.15) is 27.7 Å². The Kier molecular flexibility index (Phi) is 5.68. The molecule has 2 rings (SSSR count). The van der Waals surface area contributed by atoms with Crippen LogP contribution in [0.25, 0.3) is 0 Å². The SMILES string of the molecule is CCN1C=NC(CN=C(C)N)(C(C)C)C1Sc1cccc(F)c1. The number of aliphatic imine (C=N–C) groups is 2. The molecule has 1 aliphatic heterocycles. The first-order valence-corrected chi connectivity index (χ1v) is 8.77. The Morgan fingerprint density at radius 1 is 1.52 bits per heavy atom. The van der Waals surface area contributed by atoms with Gasteiger partial charge in [-0.05, 0) is 38.0 Å². The van der Waals surface area contributed by atoms with Crippen molar-refractivity contribution in [3.05, 3.63) is 30.1 Å². The van der Waals surface area contributed by atoms with E-state index in [0.29, 0.717) is 12.4 Å². The van der Waals surface area contributed by atoms with Crippen LogP contribution in [-0.4, -0.2) is 41.1 Å². The molecule has 2 N–H and O–H groups in total. The van der Waals surface area contributed by atoms with Crippen molar-refractivity contribution in [1.29, 1.82) is 0 Å². The molecular formula is C17H25FN4S. The van der Waals surface area contributed by atoms with Gasteiger partial charge in [-0.2, -0.15) is 0 Å². The summed E-state index contributed by atoms with van der Waals surface area (Å²) < 4.78 is 13.5. The minimum atomic E-state index is -0.367. The van der Waals surface area contributed by atoms with E-state index in [-0.39, 0.29) is 22.6 Å². The van der Waals surface area contributed by atoms with Gasteiger partial charge in [0.15, 0.2) is 0 Å². The maximum atomic E-state index is 13.5. The first-order chi connectivity index (χ1) is 10.9. The molecule has 1 aromatic rings. The maximum absolute atomic E-state index is 13.5. The van der Waals surface area contributed by atoms with Gasteiger partial charge in [-0.1, -0.05) is 31.7 Å². The van der Waals surface area contributed by atoms with E-state index in [1.807, 2.05) is 12.4 Å². The van der Waals surface area contributed by atoms with E-state index in [1.165, 1.54) is 6.07 Å². The number of benzene rings is 1. The second-order valence-corrected chi connectivity index (χ2v) is 7.26. The molecule has 4 nitrogen and oxygen atoms in total. The number of halogens is 1. The Balaban J connectivity index is 2.35. The lowest BCUT2D eigenvalue weighted by Crippen LogP contribution is -2.49. The van der Waals surface area contributed by atoms with Gasteiger partial charge in [0.05, 0.1) is 18.7 Å². The van der Waals surface area contributed by atoms with Gasteiger partial charge in [-0.25, -0.2) is 4.39 Å². The molecule has 0 saturated heterocycles. The number of thioether (sulfide) groups is 1. The summed E-state index contributed by atoms with van der Waals surface area (Å²) in [6.45, 7) is 9.56. The quantitative estimate of drug-likeness (QED) is 0.640.